The number of anilines is 3. The van der Waals surface area contributed by atoms with Crippen LogP contribution in [0.4, 0.5) is 17.1 Å². The van der Waals surface area contributed by atoms with E-state index in [1.165, 1.54) is 97.8 Å². The zero-order valence-electron chi connectivity index (χ0n) is 31.3. The van der Waals surface area contributed by atoms with E-state index in [-0.39, 0.29) is 5.92 Å². The molecule has 0 bridgehead atoms. The van der Waals surface area contributed by atoms with Crippen LogP contribution in [0.1, 0.15) is 44.9 Å². The van der Waals surface area contributed by atoms with Crippen LogP contribution in [0.25, 0.3) is 53.2 Å². The molecule has 0 fully saturated rings. The molecule has 1 aromatic heterocycles. The van der Waals surface area contributed by atoms with Crippen LogP contribution >= 0.6 is 11.3 Å². The van der Waals surface area contributed by atoms with Gasteiger partial charge in [-0.2, -0.15) is 0 Å². The Morgan fingerprint density at radius 1 is 0.368 bits per heavy atom. The molecule has 2 aliphatic carbocycles. The van der Waals surface area contributed by atoms with Crippen LogP contribution < -0.4 is 4.90 Å². The lowest BCUT2D eigenvalue weighted by atomic mass is 9.81. The summed E-state index contributed by atoms with van der Waals surface area (Å²) < 4.78 is 2.63. The minimum Gasteiger partial charge on any atom is -0.310 e. The van der Waals surface area contributed by atoms with E-state index in [4.69, 9.17) is 0 Å². The SMILES string of the molecule is c1ccc(C(c2ccc3c(c2)-c2ccccc2C3)c2cc3sc4ccc(N(c5ccccc5)c5ccc6c(c5)-c5ccccc5C6)cc4c3c3ccccc23)cc1. The van der Waals surface area contributed by atoms with Gasteiger partial charge >= 0.3 is 0 Å². The molecule has 1 atom stereocenters. The van der Waals surface area contributed by atoms with E-state index in [2.05, 4.69) is 199 Å². The second kappa shape index (κ2) is 12.9. The van der Waals surface area contributed by atoms with E-state index in [0.717, 1.165) is 24.2 Å². The van der Waals surface area contributed by atoms with Gasteiger partial charge in [0.2, 0.25) is 0 Å². The summed E-state index contributed by atoms with van der Waals surface area (Å²) in [6, 6.07) is 72.7. The van der Waals surface area contributed by atoms with Gasteiger partial charge in [-0.15, -0.1) is 11.3 Å². The van der Waals surface area contributed by atoms with Gasteiger partial charge in [-0.1, -0.05) is 140 Å². The first-order valence-electron chi connectivity index (χ1n) is 20.0. The van der Waals surface area contributed by atoms with Crippen molar-refractivity contribution in [2.75, 3.05) is 4.90 Å². The first-order chi connectivity index (χ1) is 28.2. The van der Waals surface area contributed by atoms with Gasteiger partial charge in [0.05, 0.1) is 0 Å². The Kier molecular flexibility index (Phi) is 7.36. The van der Waals surface area contributed by atoms with Crippen LogP contribution in [-0.2, 0) is 12.8 Å². The van der Waals surface area contributed by atoms with Gasteiger partial charge < -0.3 is 4.90 Å². The van der Waals surface area contributed by atoms with Gasteiger partial charge in [0.25, 0.3) is 0 Å². The fourth-order valence-corrected chi connectivity index (χ4v) is 11.0. The molecule has 2 aliphatic rings. The molecule has 1 unspecified atom stereocenters. The van der Waals surface area contributed by atoms with Gasteiger partial charge in [0.1, 0.15) is 0 Å². The molecule has 0 aliphatic heterocycles. The third-order valence-electron chi connectivity index (χ3n) is 12.4. The van der Waals surface area contributed by atoms with Gasteiger partial charge in [-0.3, -0.25) is 0 Å². The molecule has 2 heteroatoms. The number of thiophene rings is 1. The fourth-order valence-electron chi connectivity index (χ4n) is 9.83. The quantitative estimate of drug-likeness (QED) is 0.153. The van der Waals surface area contributed by atoms with Crippen molar-refractivity contribution in [2.24, 2.45) is 0 Å². The summed E-state index contributed by atoms with van der Waals surface area (Å²) in [5, 5.41) is 5.25. The van der Waals surface area contributed by atoms with Crippen molar-refractivity contribution in [3.63, 3.8) is 0 Å². The van der Waals surface area contributed by atoms with Crippen molar-refractivity contribution < 1.29 is 0 Å². The number of hydrogen-bond donors (Lipinski definition) is 0. The van der Waals surface area contributed by atoms with Crippen molar-refractivity contribution in [3.8, 4) is 22.3 Å². The van der Waals surface area contributed by atoms with Crippen LogP contribution in [0.15, 0.2) is 194 Å². The summed E-state index contributed by atoms with van der Waals surface area (Å²) >= 11 is 1.91. The first-order valence-corrected chi connectivity index (χ1v) is 20.8. The minimum atomic E-state index is 0.0813. The number of hydrogen-bond acceptors (Lipinski definition) is 2. The zero-order valence-corrected chi connectivity index (χ0v) is 32.1. The normalized spacial score (nSPS) is 13.1. The lowest BCUT2D eigenvalue weighted by Gasteiger charge is -2.26. The van der Waals surface area contributed by atoms with E-state index >= 15 is 0 Å². The average molecular weight is 744 g/mol. The second-order valence-electron chi connectivity index (χ2n) is 15.6. The van der Waals surface area contributed by atoms with Crippen LogP contribution in [0.2, 0.25) is 0 Å². The molecule has 10 aromatic rings. The number of fused-ring (bicyclic) bond motifs is 11. The van der Waals surface area contributed by atoms with Crippen LogP contribution in [0, 0.1) is 0 Å². The highest BCUT2D eigenvalue weighted by atomic mass is 32.1. The lowest BCUT2D eigenvalue weighted by molar-refractivity contribution is 0.990. The van der Waals surface area contributed by atoms with E-state index in [1.807, 2.05) is 11.3 Å². The highest BCUT2D eigenvalue weighted by Gasteiger charge is 2.26. The Labute approximate surface area is 336 Å². The van der Waals surface area contributed by atoms with Crippen LogP contribution in [0.5, 0.6) is 0 Å². The molecule has 9 aromatic carbocycles. The maximum Gasteiger partial charge on any atom is 0.0468 e. The van der Waals surface area contributed by atoms with Crippen LogP contribution in [-0.4, -0.2) is 0 Å². The minimum absolute atomic E-state index is 0.0813. The number of para-hydroxylation sites is 1. The largest absolute Gasteiger partial charge is 0.310 e. The third-order valence-corrected chi connectivity index (χ3v) is 13.5. The summed E-state index contributed by atoms with van der Waals surface area (Å²) in [4.78, 5) is 2.43. The average Bonchev–Trinajstić information content (AvgIpc) is 3.95. The van der Waals surface area contributed by atoms with E-state index < -0.39 is 0 Å². The summed E-state index contributed by atoms with van der Waals surface area (Å²) in [5.41, 5.74) is 18.6. The Bertz CT molecular complexity index is 3190. The Balaban J connectivity index is 1.05. The van der Waals surface area contributed by atoms with E-state index in [0.29, 0.717) is 0 Å². The van der Waals surface area contributed by atoms with Crippen molar-refractivity contribution in [1.82, 2.24) is 0 Å². The van der Waals surface area contributed by atoms with E-state index in [1.54, 1.807) is 0 Å². The zero-order chi connectivity index (χ0) is 37.5. The summed E-state index contributed by atoms with van der Waals surface area (Å²) in [6.07, 6.45) is 1.99. The van der Waals surface area contributed by atoms with Gasteiger partial charge in [0, 0.05) is 43.2 Å². The molecule has 0 N–H and O–H groups in total. The van der Waals surface area contributed by atoms with Crippen molar-refractivity contribution >= 4 is 59.3 Å². The molecule has 0 amide bonds. The maximum absolute atomic E-state index is 2.51. The van der Waals surface area contributed by atoms with E-state index in [9.17, 15) is 0 Å². The standard InChI is InChI=1S/C55H37NS/c1-3-13-35(14-4-1)54(40-24-23-38-29-36-15-7-9-19-44(36)48(38)31-40)50-34-53-55(47-22-12-11-21-46(47)50)51-33-43(27-28-52(51)57-53)56(41-17-5-2-6-18-41)42-26-25-39-30-37-16-8-10-20-45(37)49(39)32-42/h1-28,31-34,54H,29-30H2. The topological polar surface area (TPSA) is 3.24 Å². The molecule has 0 radical (unpaired) electrons. The molecule has 0 saturated heterocycles. The third kappa shape index (κ3) is 5.21. The number of rotatable bonds is 6. The monoisotopic (exact) mass is 743 g/mol. The molecular weight excluding hydrogens is 707 g/mol. The molecule has 12 rings (SSSR count). The Hall–Kier alpha value is -6.74. The lowest BCUT2D eigenvalue weighted by Crippen LogP contribution is -2.10. The second-order valence-corrected chi connectivity index (χ2v) is 16.7. The number of nitrogens with zero attached hydrogens (tertiary/aromatic N) is 1. The molecule has 57 heavy (non-hydrogen) atoms. The van der Waals surface area contributed by atoms with Gasteiger partial charge in [-0.25, -0.2) is 0 Å². The van der Waals surface area contributed by atoms with Crippen molar-refractivity contribution in [1.29, 1.82) is 0 Å². The highest BCUT2D eigenvalue weighted by Crippen LogP contribution is 2.48. The summed E-state index contributed by atoms with van der Waals surface area (Å²) in [5.74, 6) is 0.0813. The Morgan fingerprint density at radius 3 is 1.70 bits per heavy atom. The molecule has 268 valence electrons. The smallest absolute Gasteiger partial charge is 0.0468 e. The highest BCUT2D eigenvalue weighted by molar-refractivity contribution is 7.26. The van der Waals surface area contributed by atoms with Gasteiger partial charge in [0.15, 0.2) is 0 Å². The summed E-state index contributed by atoms with van der Waals surface area (Å²) in [6.45, 7) is 0. The van der Waals surface area contributed by atoms with Crippen molar-refractivity contribution in [3.05, 3.63) is 233 Å². The molecule has 0 saturated carbocycles. The Morgan fingerprint density at radius 2 is 0.947 bits per heavy atom. The molecule has 1 nitrogen and oxygen atoms in total. The molecular formula is C55H37NS. The molecule has 1 heterocycles. The molecule has 0 spiro atoms. The predicted molar refractivity (Wildman–Crippen MR) is 242 cm³/mol. The first kappa shape index (κ1) is 32.5. The number of benzene rings is 9. The maximum atomic E-state index is 2.51. The fraction of sp³-hybridized carbons (Fsp3) is 0.0545. The van der Waals surface area contributed by atoms with Crippen LogP contribution in [0.3, 0.4) is 0 Å². The van der Waals surface area contributed by atoms with Gasteiger partial charge in [-0.05, 0) is 139 Å². The predicted octanol–water partition coefficient (Wildman–Crippen LogP) is 15.0. The summed E-state index contributed by atoms with van der Waals surface area (Å²) in [7, 11) is 0. The van der Waals surface area contributed by atoms with Crippen molar-refractivity contribution in [2.45, 2.75) is 18.8 Å².